The molecular formula is C27H26N2O2S2. The molecule has 4 nitrogen and oxygen atoms in total. The van der Waals surface area contributed by atoms with Crippen molar-refractivity contribution >= 4 is 68.3 Å². The number of hydrogen-bond acceptors (Lipinski definition) is 4. The van der Waals surface area contributed by atoms with E-state index in [1.54, 1.807) is 23.5 Å². The van der Waals surface area contributed by atoms with E-state index in [1.807, 2.05) is 72.8 Å². The van der Waals surface area contributed by atoms with Crippen molar-refractivity contribution in [3.63, 3.8) is 0 Å². The summed E-state index contributed by atoms with van der Waals surface area (Å²) in [5.41, 5.74) is 1.65. The molecule has 4 aromatic carbocycles. The maximum absolute atomic E-state index is 12.2. The first-order valence-electron chi connectivity index (χ1n) is 10.9. The fraction of sp³-hybridized carbons (Fsp3) is 0.185. The van der Waals surface area contributed by atoms with E-state index < -0.39 is 0 Å². The molecule has 2 N–H and O–H groups in total. The average molecular weight is 475 g/mol. The summed E-state index contributed by atoms with van der Waals surface area (Å²) in [5, 5.41) is 10.5. The molecule has 0 unspecified atom stereocenters. The maximum atomic E-state index is 12.2. The molecule has 0 radical (unpaired) electrons. The van der Waals surface area contributed by atoms with Gasteiger partial charge in [-0.25, -0.2) is 0 Å². The number of fused-ring (bicyclic) bond motifs is 2. The predicted octanol–water partition coefficient (Wildman–Crippen LogP) is 6.43. The Bertz CT molecular complexity index is 1160. The van der Waals surface area contributed by atoms with Crippen molar-refractivity contribution in [2.75, 3.05) is 33.6 Å². The van der Waals surface area contributed by atoms with Crippen LogP contribution < -0.4 is 10.6 Å². The second kappa shape index (κ2) is 11.8. The summed E-state index contributed by atoms with van der Waals surface area (Å²) in [4.78, 5) is 24.4. The molecule has 0 atom stereocenters. The third-order valence-electron chi connectivity index (χ3n) is 5.11. The highest BCUT2D eigenvalue weighted by atomic mass is 32.2. The normalized spacial score (nSPS) is 10.9. The number of carbonyl (C=O) groups is 2. The molecule has 2 amide bonds. The zero-order valence-corrected chi connectivity index (χ0v) is 19.9. The summed E-state index contributed by atoms with van der Waals surface area (Å²) >= 11 is 3.24. The number of amides is 2. The van der Waals surface area contributed by atoms with Gasteiger partial charge in [0.25, 0.3) is 0 Å². The molecule has 0 fully saturated rings. The van der Waals surface area contributed by atoms with Crippen LogP contribution in [0.1, 0.15) is 6.42 Å². The van der Waals surface area contributed by atoms with Crippen LogP contribution in [0.4, 0.5) is 11.4 Å². The first kappa shape index (κ1) is 23.2. The van der Waals surface area contributed by atoms with E-state index in [0.29, 0.717) is 11.5 Å². The van der Waals surface area contributed by atoms with Gasteiger partial charge < -0.3 is 10.6 Å². The van der Waals surface area contributed by atoms with Crippen LogP contribution in [-0.4, -0.2) is 34.8 Å². The van der Waals surface area contributed by atoms with Crippen molar-refractivity contribution in [2.24, 2.45) is 0 Å². The number of carbonyl (C=O) groups excluding carboxylic acids is 2. The fourth-order valence-corrected chi connectivity index (χ4v) is 5.20. The third-order valence-corrected chi connectivity index (χ3v) is 7.20. The van der Waals surface area contributed by atoms with Gasteiger partial charge >= 0.3 is 0 Å². The molecule has 4 rings (SSSR count). The number of thioether (sulfide) groups is 2. The lowest BCUT2D eigenvalue weighted by Gasteiger charge is -2.07. The summed E-state index contributed by atoms with van der Waals surface area (Å²) in [5.74, 6) is 2.67. The Hall–Kier alpha value is -2.96. The minimum atomic E-state index is 0.0118. The van der Waals surface area contributed by atoms with Gasteiger partial charge in [0.1, 0.15) is 0 Å². The van der Waals surface area contributed by atoms with E-state index in [2.05, 4.69) is 22.8 Å². The van der Waals surface area contributed by atoms with E-state index in [-0.39, 0.29) is 11.8 Å². The summed E-state index contributed by atoms with van der Waals surface area (Å²) in [6, 6.07) is 28.1. The first-order chi connectivity index (χ1) is 16.2. The Labute approximate surface area is 202 Å². The number of benzene rings is 4. The van der Waals surface area contributed by atoms with Crippen LogP contribution in [0, 0.1) is 0 Å². The predicted molar refractivity (Wildman–Crippen MR) is 144 cm³/mol. The van der Waals surface area contributed by atoms with Gasteiger partial charge in [0.2, 0.25) is 11.8 Å². The Morgan fingerprint density at radius 3 is 1.45 bits per heavy atom. The molecular weight excluding hydrogens is 448 g/mol. The third kappa shape index (κ3) is 7.01. The molecule has 0 heterocycles. The minimum Gasteiger partial charge on any atom is -0.325 e. The van der Waals surface area contributed by atoms with Crippen LogP contribution in [0.5, 0.6) is 0 Å². The summed E-state index contributed by atoms with van der Waals surface area (Å²) in [6.45, 7) is 0. The number of rotatable bonds is 10. The average Bonchev–Trinajstić information content (AvgIpc) is 2.83. The molecule has 168 valence electrons. The molecule has 33 heavy (non-hydrogen) atoms. The van der Waals surface area contributed by atoms with Gasteiger partial charge in [-0.3, -0.25) is 9.59 Å². The minimum absolute atomic E-state index is 0.0118. The quantitative estimate of drug-likeness (QED) is 0.260. The molecule has 0 aliphatic carbocycles. The SMILES string of the molecule is O=C(CSCCCSCC(=O)Nc1ccc2ccccc2c1)Nc1ccc2ccccc2c1. The van der Waals surface area contributed by atoms with Gasteiger partial charge in [0.05, 0.1) is 11.5 Å². The lowest BCUT2D eigenvalue weighted by molar-refractivity contribution is -0.114. The van der Waals surface area contributed by atoms with Gasteiger partial charge in [0.15, 0.2) is 0 Å². The Morgan fingerprint density at radius 1 is 0.576 bits per heavy atom. The zero-order valence-electron chi connectivity index (χ0n) is 18.3. The lowest BCUT2D eigenvalue weighted by Crippen LogP contribution is -2.15. The summed E-state index contributed by atoms with van der Waals surface area (Å²) in [6.07, 6.45) is 0.960. The molecule has 4 aromatic rings. The van der Waals surface area contributed by atoms with Crippen molar-refractivity contribution in [3.05, 3.63) is 84.9 Å². The summed E-state index contributed by atoms with van der Waals surface area (Å²) in [7, 11) is 0. The summed E-state index contributed by atoms with van der Waals surface area (Å²) < 4.78 is 0. The Kier molecular flexibility index (Phi) is 8.28. The van der Waals surface area contributed by atoms with Gasteiger partial charge in [-0.05, 0) is 63.7 Å². The highest BCUT2D eigenvalue weighted by Gasteiger charge is 2.05. The fourth-order valence-electron chi connectivity index (χ4n) is 3.52. The van der Waals surface area contributed by atoms with Gasteiger partial charge in [0, 0.05) is 11.4 Å². The Balaban J connectivity index is 1.08. The molecule has 6 heteroatoms. The second-order valence-electron chi connectivity index (χ2n) is 7.68. The highest BCUT2D eigenvalue weighted by molar-refractivity contribution is 8.00. The van der Waals surface area contributed by atoms with Crippen LogP contribution in [-0.2, 0) is 9.59 Å². The number of hydrogen-bond donors (Lipinski definition) is 2. The molecule has 0 aliphatic heterocycles. The van der Waals surface area contributed by atoms with E-state index in [1.165, 1.54) is 0 Å². The Morgan fingerprint density at radius 2 is 1.00 bits per heavy atom. The molecule has 0 saturated carbocycles. The second-order valence-corrected chi connectivity index (χ2v) is 9.89. The van der Waals surface area contributed by atoms with Crippen LogP contribution in [0.25, 0.3) is 21.5 Å². The van der Waals surface area contributed by atoms with E-state index in [0.717, 1.165) is 50.8 Å². The van der Waals surface area contributed by atoms with Gasteiger partial charge in [-0.1, -0.05) is 60.7 Å². The molecule has 0 bridgehead atoms. The maximum Gasteiger partial charge on any atom is 0.234 e. The van der Waals surface area contributed by atoms with Crippen LogP contribution in [0.15, 0.2) is 84.9 Å². The topological polar surface area (TPSA) is 58.2 Å². The highest BCUT2D eigenvalue weighted by Crippen LogP contribution is 2.20. The lowest BCUT2D eigenvalue weighted by atomic mass is 10.1. The van der Waals surface area contributed by atoms with Crippen molar-refractivity contribution in [3.8, 4) is 0 Å². The van der Waals surface area contributed by atoms with Crippen LogP contribution in [0.2, 0.25) is 0 Å². The van der Waals surface area contributed by atoms with Crippen molar-refractivity contribution in [2.45, 2.75) is 6.42 Å². The first-order valence-corrected chi connectivity index (χ1v) is 13.2. The van der Waals surface area contributed by atoms with Crippen LogP contribution >= 0.6 is 23.5 Å². The molecule has 0 spiro atoms. The standard InChI is InChI=1S/C27H26N2O2S2/c30-26(28-24-12-10-20-6-1-3-8-22(20)16-24)18-32-14-5-15-33-19-27(31)29-25-13-11-21-7-2-4-9-23(21)17-25/h1-4,6-13,16-17H,5,14-15,18-19H2,(H,28,30)(H,29,31). The smallest absolute Gasteiger partial charge is 0.234 e. The zero-order chi connectivity index (χ0) is 22.9. The van der Waals surface area contributed by atoms with E-state index in [4.69, 9.17) is 0 Å². The van der Waals surface area contributed by atoms with Crippen molar-refractivity contribution < 1.29 is 9.59 Å². The van der Waals surface area contributed by atoms with Crippen LogP contribution in [0.3, 0.4) is 0 Å². The largest absolute Gasteiger partial charge is 0.325 e. The van der Waals surface area contributed by atoms with E-state index >= 15 is 0 Å². The molecule has 0 aromatic heterocycles. The monoisotopic (exact) mass is 474 g/mol. The molecule has 0 saturated heterocycles. The molecule has 0 aliphatic rings. The number of anilines is 2. The van der Waals surface area contributed by atoms with Gasteiger partial charge in [-0.2, -0.15) is 23.5 Å². The van der Waals surface area contributed by atoms with Crippen molar-refractivity contribution in [1.29, 1.82) is 0 Å². The number of nitrogens with one attached hydrogen (secondary N) is 2. The van der Waals surface area contributed by atoms with E-state index in [9.17, 15) is 9.59 Å². The van der Waals surface area contributed by atoms with Gasteiger partial charge in [-0.15, -0.1) is 0 Å². The van der Waals surface area contributed by atoms with Crippen molar-refractivity contribution in [1.82, 2.24) is 0 Å².